The summed E-state index contributed by atoms with van der Waals surface area (Å²) in [6.45, 7) is 4.33. The number of carbonyl (C=O) groups is 1. The molecule has 6 heteroatoms. The molecule has 0 aliphatic carbocycles. The Balaban J connectivity index is 0.00000324. The number of nitrogens with one attached hydrogen (secondary N) is 1. The topological polar surface area (TPSA) is 64.3 Å². The van der Waals surface area contributed by atoms with Crippen LogP contribution >= 0.6 is 12.4 Å². The zero-order valence-electron chi connectivity index (χ0n) is 11.1. The molecule has 108 valence electrons. The van der Waals surface area contributed by atoms with E-state index in [2.05, 4.69) is 5.32 Å². The molecule has 0 aromatic heterocycles. The van der Waals surface area contributed by atoms with Gasteiger partial charge >= 0.3 is 0 Å². The van der Waals surface area contributed by atoms with Crippen molar-refractivity contribution in [2.24, 2.45) is 5.73 Å². The SMILES string of the molecule is CC(C)(CN)NC(=O)CCOc1ccc(F)cc1.Cl. The number of nitrogens with two attached hydrogens (primary N) is 1. The number of amides is 1. The van der Waals surface area contributed by atoms with Crippen LogP contribution in [0.4, 0.5) is 4.39 Å². The first-order valence-corrected chi connectivity index (χ1v) is 5.82. The summed E-state index contributed by atoms with van der Waals surface area (Å²) in [5.74, 6) is 0.111. The molecule has 0 bridgehead atoms. The standard InChI is InChI=1S/C13H19FN2O2.ClH/c1-13(2,9-15)16-12(17)7-8-18-11-5-3-10(14)4-6-11;/h3-6H,7-9,15H2,1-2H3,(H,16,17);1H. The number of hydrogen-bond acceptors (Lipinski definition) is 3. The smallest absolute Gasteiger partial charge is 0.223 e. The van der Waals surface area contributed by atoms with Gasteiger partial charge in [-0.3, -0.25) is 4.79 Å². The van der Waals surface area contributed by atoms with Crippen LogP contribution in [-0.4, -0.2) is 24.6 Å². The summed E-state index contributed by atoms with van der Waals surface area (Å²) >= 11 is 0. The Bertz CT molecular complexity index is 396. The van der Waals surface area contributed by atoms with Crippen LogP contribution in [0.5, 0.6) is 5.75 Å². The quantitative estimate of drug-likeness (QED) is 0.841. The maximum Gasteiger partial charge on any atom is 0.223 e. The normalized spacial score (nSPS) is 10.5. The van der Waals surface area contributed by atoms with Crippen molar-refractivity contribution in [2.75, 3.05) is 13.2 Å². The molecule has 0 saturated carbocycles. The summed E-state index contributed by atoms with van der Waals surface area (Å²) in [5.41, 5.74) is 5.10. The molecule has 0 unspecified atom stereocenters. The number of hydrogen-bond donors (Lipinski definition) is 2. The fourth-order valence-corrected chi connectivity index (χ4v) is 1.28. The number of carbonyl (C=O) groups excluding carboxylic acids is 1. The van der Waals surface area contributed by atoms with Crippen LogP contribution in [0.25, 0.3) is 0 Å². The van der Waals surface area contributed by atoms with E-state index in [4.69, 9.17) is 10.5 Å². The summed E-state index contributed by atoms with van der Waals surface area (Å²) < 4.78 is 18.0. The second-order valence-electron chi connectivity index (χ2n) is 4.69. The lowest BCUT2D eigenvalue weighted by Gasteiger charge is -2.24. The highest BCUT2D eigenvalue weighted by Crippen LogP contribution is 2.11. The van der Waals surface area contributed by atoms with Gasteiger partial charge in [0.1, 0.15) is 11.6 Å². The molecule has 0 aliphatic heterocycles. The molecular formula is C13H20ClFN2O2. The first-order valence-electron chi connectivity index (χ1n) is 5.82. The van der Waals surface area contributed by atoms with Gasteiger partial charge < -0.3 is 15.8 Å². The molecule has 0 atom stereocenters. The number of halogens is 2. The van der Waals surface area contributed by atoms with Gasteiger partial charge in [0.25, 0.3) is 0 Å². The van der Waals surface area contributed by atoms with Crippen molar-refractivity contribution < 1.29 is 13.9 Å². The van der Waals surface area contributed by atoms with Gasteiger partial charge in [-0.15, -0.1) is 12.4 Å². The molecule has 0 aliphatic rings. The lowest BCUT2D eigenvalue weighted by atomic mass is 10.1. The largest absolute Gasteiger partial charge is 0.493 e. The molecule has 3 N–H and O–H groups in total. The molecule has 4 nitrogen and oxygen atoms in total. The van der Waals surface area contributed by atoms with Gasteiger partial charge in [0, 0.05) is 12.1 Å². The van der Waals surface area contributed by atoms with E-state index in [1.54, 1.807) is 0 Å². The highest BCUT2D eigenvalue weighted by atomic mass is 35.5. The lowest BCUT2D eigenvalue weighted by molar-refractivity contribution is -0.123. The van der Waals surface area contributed by atoms with Gasteiger partial charge in [-0.05, 0) is 38.1 Å². The Labute approximate surface area is 118 Å². The van der Waals surface area contributed by atoms with E-state index < -0.39 is 5.54 Å². The maximum atomic E-state index is 12.6. The molecular weight excluding hydrogens is 271 g/mol. The van der Waals surface area contributed by atoms with Crippen molar-refractivity contribution in [3.8, 4) is 5.75 Å². The third kappa shape index (κ3) is 6.98. The Morgan fingerprint density at radius 2 is 1.95 bits per heavy atom. The zero-order valence-corrected chi connectivity index (χ0v) is 11.9. The molecule has 0 saturated heterocycles. The van der Waals surface area contributed by atoms with Gasteiger partial charge in [-0.1, -0.05) is 0 Å². The zero-order chi connectivity index (χ0) is 13.6. The van der Waals surface area contributed by atoms with Crippen LogP contribution in [0.2, 0.25) is 0 Å². The minimum Gasteiger partial charge on any atom is -0.493 e. The van der Waals surface area contributed by atoms with Crippen molar-refractivity contribution >= 4 is 18.3 Å². The molecule has 0 fully saturated rings. The molecule has 1 rings (SSSR count). The summed E-state index contributed by atoms with van der Waals surface area (Å²) in [4.78, 5) is 11.6. The molecule has 1 aromatic rings. The highest BCUT2D eigenvalue weighted by Gasteiger charge is 2.17. The van der Waals surface area contributed by atoms with Crippen LogP contribution in [0, 0.1) is 5.82 Å². The van der Waals surface area contributed by atoms with E-state index in [9.17, 15) is 9.18 Å². The van der Waals surface area contributed by atoms with E-state index >= 15 is 0 Å². The van der Waals surface area contributed by atoms with Crippen molar-refractivity contribution in [2.45, 2.75) is 25.8 Å². The van der Waals surface area contributed by atoms with Crippen LogP contribution in [-0.2, 0) is 4.79 Å². The van der Waals surface area contributed by atoms with Crippen LogP contribution in [0.15, 0.2) is 24.3 Å². The molecule has 1 amide bonds. The Morgan fingerprint density at radius 3 is 2.47 bits per heavy atom. The summed E-state index contributed by atoms with van der Waals surface area (Å²) in [7, 11) is 0. The fraction of sp³-hybridized carbons (Fsp3) is 0.462. The fourth-order valence-electron chi connectivity index (χ4n) is 1.28. The Morgan fingerprint density at radius 1 is 1.37 bits per heavy atom. The Hall–Kier alpha value is -1.33. The van der Waals surface area contributed by atoms with E-state index in [0.717, 1.165) is 0 Å². The predicted octanol–water partition coefficient (Wildman–Crippen LogP) is 1.87. The van der Waals surface area contributed by atoms with Gasteiger partial charge in [-0.2, -0.15) is 0 Å². The molecule has 1 aromatic carbocycles. The summed E-state index contributed by atoms with van der Waals surface area (Å²) in [6, 6.07) is 5.67. The third-order valence-corrected chi connectivity index (χ3v) is 2.40. The lowest BCUT2D eigenvalue weighted by Crippen LogP contribution is -2.49. The minimum atomic E-state index is -0.410. The van der Waals surface area contributed by atoms with Gasteiger partial charge in [0.2, 0.25) is 5.91 Å². The van der Waals surface area contributed by atoms with Crippen LogP contribution < -0.4 is 15.8 Å². The van der Waals surface area contributed by atoms with Crippen LogP contribution in [0.1, 0.15) is 20.3 Å². The van der Waals surface area contributed by atoms with Crippen LogP contribution in [0.3, 0.4) is 0 Å². The molecule has 0 heterocycles. The monoisotopic (exact) mass is 290 g/mol. The first kappa shape index (κ1) is 17.7. The van der Waals surface area contributed by atoms with Crippen molar-refractivity contribution in [3.63, 3.8) is 0 Å². The molecule has 0 spiro atoms. The van der Waals surface area contributed by atoms with E-state index in [1.807, 2.05) is 13.8 Å². The predicted molar refractivity (Wildman–Crippen MR) is 75.0 cm³/mol. The van der Waals surface area contributed by atoms with Crippen molar-refractivity contribution in [3.05, 3.63) is 30.1 Å². The molecule has 19 heavy (non-hydrogen) atoms. The minimum absolute atomic E-state index is 0. The number of rotatable bonds is 6. The number of ether oxygens (including phenoxy) is 1. The Kier molecular flexibility index (Phi) is 7.41. The van der Waals surface area contributed by atoms with Gasteiger partial charge in [-0.25, -0.2) is 4.39 Å². The van der Waals surface area contributed by atoms with E-state index in [0.29, 0.717) is 12.3 Å². The van der Waals surface area contributed by atoms with Crippen molar-refractivity contribution in [1.82, 2.24) is 5.32 Å². The second kappa shape index (κ2) is 7.96. The first-order chi connectivity index (χ1) is 8.43. The number of benzene rings is 1. The van der Waals surface area contributed by atoms with E-state index in [-0.39, 0.29) is 37.2 Å². The van der Waals surface area contributed by atoms with E-state index in [1.165, 1.54) is 24.3 Å². The summed E-state index contributed by atoms with van der Waals surface area (Å²) in [5, 5.41) is 2.80. The van der Waals surface area contributed by atoms with Crippen molar-refractivity contribution in [1.29, 1.82) is 0 Å². The third-order valence-electron chi connectivity index (χ3n) is 2.40. The second-order valence-corrected chi connectivity index (χ2v) is 4.69. The summed E-state index contributed by atoms with van der Waals surface area (Å²) in [6.07, 6.45) is 0.237. The van der Waals surface area contributed by atoms with Gasteiger partial charge in [0.05, 0.1) is 13.0 Å². The average Bonchev–Trinajstić information content (AvgIpc) is 2.31. The van der Waals surface area contributed by atoms with Gasteiger partial charge in [0.15, 0.2) is 0 Å². The average molecular weight is 291 g/mol. The maximum absolute atomic E-state index is 12.6. The molecule has 0 radical (unpaired) electrons. The highest BCUT2D eigenvalue weighted by molar-refractivity contribution is 5.85.